The highest BCUT2D eigenvalue weighted by Gasteiger charge is 2.09. The molecule has 1 N–H and O–H groups in total. The summed E-state index contributed by atoms with van der Waals surface area (Å²) in [5.41, 5.74) is 2.05. The first-order valence-electron chi connectivity index (χ1n) is 6.96. The molecule has 0 aliphatic carbocycles. The van der Waals surface area contributed by atoms with Crippen LogP contribution in [0.1, 0.15) is 18.1 Å². The van der Waals surface area contributed by atoms with E-state index in [1.807, 2.05) is 43.3 Å². The largest absolute Gasteiger partial charge is 0.490 e. The second-order valence-electron chi connectivity index (χ2n) is 4.59. The molecule has 2 nitrogen and oxygen atoms in total. The van der Waals surface area contributed by atoms with Gasteiger partial charge in [0.05, 0.1) is 6.61 Å². The Morgan fingerprint density at radius 3 is 2.60 bits per heavy atom. The second-order valence-corrected chi connectivity index (χ2v) is 4.59. The van der Waals surface area contributed by atoms with Crippen LogP contribution in [-0.4, -0.2) is 13.2 Å². The molecule has 0 radical (unpaired) electrons. The Morgan fingerprint density at radius 1 is 1.05 bits per heavy atom. The molecular formula is C17H20FNO. The number of nitrogens with one attached hydrogen (secondary N) is 1. The molecule has 0 spiro atoms. The van der Waals surface area contributed by atoms with Crippen molar-refractivity contribution < 1.29 is 9.13 Å². The summed E-state index contributed by atoms with van der Waals surface area (Å²) in [6.45, 7) is 3.97. The van der Waals surface area contributed by atoms with E-state index in [4.69, 9.17) is 4.74 Å². The van der Waals surface area contributed by atoms with Gasteiger partial charge >= 0.3 is 0 Å². The summed E-state index contributed by atoms with van der Waals surface area (Å²) >= 11 is 0. The predicted octanol–water partition coefficient (Wildman–Crippen LogP) is 3.56. The SMILES string of the molecule is CCNCc1cccc(F)c1OCCc1ccccc1. The highest BCUT2D eigenvalue weighted by molar-refractivity contribution is 5.35. The van der Waals surface area contributed by atoms with Crippen LogP contribution in [0.5, 0.6) is 5.75 Å². The van der Waals surface area contributed by atoms with Gasteiger partial charge in [-0.05, 0) is 18.2 Å². The molecular weight excluding hydrogens is 253 g/mol. The molecule has 2 aromatic rings. The van der Waals surface area contributed by atoms with Gasteiger partial charge in [-0.3, -0.25) is 0 Å². The molecule has 0 aliphatic heterocycles. The van der Waals surface area contributed by atoms with Crippen LogP contribution in [0.25, 0.3) is 0 Å². The summed E-state index contributed by atoms with van der Waals surface area (Å²) in [5, 5.41) is 3.19. The molecule has 20 heavy (non-hydrogen) atoms. The normalized spacial score (nSPS) is 10.5. The van der Waals surface area contributed by atoms with E-state index in [0.29, 0.717) is 18.9 Å². The van der Waals surface area contributed by atoms with Gasteiger partial charge in [0.2, 0.25) is 0 Å². The van der Waals surface area contributed by atoms with Crippen LogP contribution in [0.4, 0.5) is 4.39 Å². The molecule has 0 heterocycles. The molecule has 0 bridgehead atoms. The number of halogens is 1. The second kappa shape index (κ2) is 7.65. The lowest BCUT2D eigenvalue weighted by molar-refractivity contribution is 0.301. The fourth-order valence-electron chi connectivity index (χ4n) is 2.03. The monoisotopic (exact) mass is 273 g/mol. The van der Waals surface area contributed by atoms with Crippen molar-refractivity contribution in [2.45, 2.75) is 19.9 Å². The smallest absolute Gasteiger partial charge is 0.165 e. The van der Waals surface area contributed by atoms with Gasteiger partial charge in [-0.25, -0.2) is 4.39 Å². The topological polar surface area (TPSA) is 21.3 Å². The highest BCUT2D eigenvalue weighted by atomic mass is 19.1. The summed E-state index contributed by atoms with van der Waals surface area (Å²) in [4.78, 5) is 0. The summed E-state index contributed by atoms with van der Waals surface area (Å²) < 4.78 is 19.5. The van der Waals surface area contributed by atoms with E-state index >= 15 is 0 Å². The van der Waals surface area contributed by atoms with Crippen molar-refractivity contribution in [1.29, 1.82) is 0 Å². The summed E-state index contributed by atoms with van der Waals surface area (Å²) in [6.07, 6.45) is 0.774. The Bertz CT molecular complexity index is 528. The first kappa shape index (κ1) is 14.5. The van der Waals surface area contributed by atoms with Gasteiger partial charge in [-0.15, -0.1) is 0 Å². The van der Waals surface area contributed by atoms with Crippen LogP contribution in [0, 0.1) is 5.82 Å². The maximum Gasteiger partial charge on any atom is 0.165 e. The van der Waals surface area contributed by atoms with E-state index < -0.39 is 0 Å². The molecule has 0 atom stereocenters. The van der Waals surface area contributed by atoms with Crippen molar-refractivity contribution in [3.8, 4) is 5.75 Å². The van der Waals surface area contributed by atoms with Gasteiger partial charge < -0.3 is 10.1 Å². The lowest BCUT2D eigenvalue weighted by atomic mass is 10.1. The predicted molar refractivity (Wildman–Crippen MR) is 79.4 cm³/mol. The van der Waals surface area contributed by atoms with Crippen molar-refractivity contribution in [3.05, 3.63) is 65.5 Å². The van der Waals surface area contributed by atoms with Crippen LogP contribution in [0.3, 0.4) is 0 Å². The quantitative estimate of drug-likeness (QED) is 0.833. The first-order valence-corrected chi connectivity index (χ1v) is 6.96. The third-order valence-corrected chi connectivity index (χ3v) is 3.09. The standard InChI is InChI=1S/C17H20FNO/c1-2-19-13-15-9-6-10-16(18)17(15)20-12-11-14-7-4-3-5-8-14/h3-10,19H,2,11-13H2,1H3. The van der Waals surface area contributed by atoms with Gasteiger partial charge in [0.25, 0.3) is 0 Å². The van der Waals surface area contributed by atoms with Crippen LogP contribution < -0.4 is 10.1 Å². The maximum absolute atomic E-state index is 13.9. The number of ether oxygens (including phenoxy) is 1. The number of rotatable bonds is 7. The van der Waals surface area contributed by atoms with Gasteiger partial charge in [0.1, 0.15) is 0 Å². The van der Waals surface area contributed by atoms with E-state index in [2.05, 4.69) is 5.32 Å². The number of hydrogen-bond donors (Lipinski definition) is 1. The van der Waals surface area contributed by atoms with Crippen molar-refractivity contribution in [2.24, 2.45) is 0 Å². The third kappa shape index (κ3) is 4.07. The van der Waals surface area contributed by atoms with Crippen molar-refractivity contribution in [2.75, 3.05) is 13.2 Å². The Balaban J connectivity index is 1.97. The van der Waals surface area contributed by atoms with Gasteiger partial charge in [0, 0.05) is 18.5 Å². The zero-order valence-electron chi connectivity index (χ0n) is 11.7. The Hall–Kier alpha value is -1.87. The zero-order valence-corrected chi connectivity index (χ0v) is 11.7. The van der Waals surface area contributed by atoms with Crippen molar-refractivity contribution in [3.63, 3.8) is 0 Å². The highest BCUT2D eigenvalue weighted by Crippen LogP contribution is 2.22. The summed E-state index contributed by atoms with van der Waals surface area (Å²) in [7, 11) is 0. The van der Waals surface area contributed by atoms with E-state index in [9.17, 15) is 4.39 Å². The Kier molecular flexibility index (Phi) is 5.56. The van der Waals surface area contributed by atoms with Crippen molar-refractivity contribution >= 4 is 0 Å². The van der Waals surface area contributed by atoms with Crippen molar-refractivity contribution in [1.82, 2.24) is 5.32 Å². The van der Waals surface area contributed by atoms with E-state index in [1.54, 1.807) is 6.07 Å². The van der Waals surface area contributed by atoms with E-state index in [1.165, 1.54) is 11.6 Å². The summed E-state index contributed by atoms with van der Waals surface area (Å²) in [5.74, 6) is 0.0674. The van der Waals surface area contributed by atoms with Gasteiger partial charge in [-0.1, -0.05) is 49.4 Å². The zero-order chi connectivity index (χ0) is 14.2. The minimum Gasteiger partial charge on any atom is -0.490 e. The molecule has 0 aliphatic rings. The average molecular weight is 273 g/mol. The minimum absolute atomic E-state index is 0.298. The average Bonchev–Trinajstić information content (AvgIpc) is 2.48. The minimum atomic E-state index is -0.298. The molecule has 2 aromatic carbocycles. The van der Waals surface area contributed by atoms with Gasteiger partial charge in [-0.2, -0.15) is 0 Å². The molecule has 0 unspecified atom stereocenters. The lowest BCUT2D eigenvalue weighted by Crippen LogP contribution is -2.14. The van der Waals surface area contributed by atoms with Crippen LogP contribution in [0.2, 0.25) is 0 Å². The fraction of sp³-hybridized carbons (Fsp3) is 0.294. The molecule has 0 aromatic heterocycles. The first-order chi connectivity index (χ1) is 9.81. The molecule has 0 amide bonds. The summed E-state index contributed by atoms with van der Waals surface area (Å²) in [6, 6.07) is 15.1. The van der Waals surface area contributed by atoms with Crippen LogP contribution >= 0.6 is 0 Å². The Labute approximate surface area is 119 Å². The fourth-order valence-corrected chi connectivity index (χ4v) is 2.03. The third-order valence-electron chi connectivity index (χ3n) is 3.09. The molecule has 0 saturated heterocycles. The molecule has 3 heteroatoms. The lowest BCUT2D eigenvalue weighted by Gasteiger charge is -2.12. The maximum atomic E-state index is 13.9. The number of benzene rings is 2. The molecule has 0 saturated carbocycles. The Morgan fingerprint density at radius 2 is 1.85 bits per heavy atom. The number of para-hydroxylation sites is 1. The van der Waals surface area contributed by atoms with E-state index in [0.717, 1.165) is 18.5 Å². The van der Waals surface area contributed by atoms with E-state index in [-0.39, 0.29) is 5.82 Å². The van der Waals surface area contributed by atoms with Crippen LogP contribution in [-0.2, 0) is 13.0 Å². The molecule has 2 rings (SSSR count). The molecule has 106 valence electrons. The van der Waals surface area contributed by atoms with Gasteiger partial charge in [0.15, 0.2) is 11.6 Å². The van der Waals surface area contributed by atoms with Crippen LogP contribution in [0.15, 0.2) is 48.5 Å². The molecule has 0 fully saturated rings. The number of hydrogen-bond acceptors (Lipinski definition) is 2.